The molecule has 0 radical (unpaired) electrons. The van der Waals surface area contributed by atoms with Gasteiger partial charge in [0.1, 0.15) is 16.6 Å². The number of carboxylic acid groups (broad SMARTS) is 1. The molecule has 1 aromatic carbocycles. The molecule has 0 saturated heterocycles. The fraction of sp³-hybridized carbons (Fsp3) is 0.500. The second-order valence-corrected chi connectivity index (χ2v) is 11.4. The highest BCUT2D eigenvalue weighted by Crippen LogP contribution is 2.56. The normalized spacial score (nSPS) is 19.5. The second-order valence-electron chi connectivity index (χ2n) is 11.4. The lowest BCUT2D eigenvalue weighted by Gasteiger charge is -2.28. The molecule has 37 heavy (non-hydrogen) atoms. The van der Waals surface area contributed by atoms with Crippen LogP contribution in [-0.4, -0.2) is 55.5 Å². The number of ether oxygens (including phenoxy) is 2. The van der Waals surface area contributed by atoms with Crippen LogP contribution >= 0.6 is 0 Å². The van der Waals surface area contributed by atoms with Gasteiger partial charge in [0.05, 0.1) is 12.0 Å². The van der Waals surface area contributed by atoms with Gasteiger partial charge in [0.2, 0.25) is 0 Å². The molecule has 9 nitrogen and oxygen atoms in total. The van der Waals surface area contributed by atoms with Crippen LogP contribution in [0.1, 0.15) is 72.1 Å². The Balaban J connectivity index is 1.65. The Morgan fingerprint density at radius 2 is 1.68 bits per heavy atom. The zero-order chi connectivity index (χ0) is 27.4. The molecule has 3 rings (SSSR count). The number of carboxylic acids is 1. The molecule has 2 aromatic rings. The highest BCUT2D eigenvalue weighted by Gasteiger charge is 2.62. The predicted octanol–water partition coefficient (Wildman–Crippen LogP) is 5.81. The van der Waals surface area contributed by atoms with E-state index in [0.717, 1.165) is 10.5 Å². The fourth-order valence-electron chi connectivity index (χ4n) is 4.14. The molecule has 9 heteroatoms. The quantitative estimate of drug-likeness (QED) is 0.476. The molecule has 1 fully saturated rings. The van der Waals surface area contributed by atoms with E-state index in [0.29, 0.717) is 25.0 Å². The molecule has 0 bridgehead atoms. The Hall–Kier alpha value is -3.62. The van der Waals surface area contributed by atoms with E-state index in [-0.39, 0.29) is 12.5 Å². The van der Waals surface area contributed by atoms with Crippen molar-refractivity contribution in [3.63, 3.8) is 0 Å². The SMILES string of the molecule is CC(C)(C)OC(=O)N(CCC[C@H]1C[C@]1(C(=O)O)c1cn(C=Cc2ccccc2)cn1)C(=O)OC(C)(C)C. The van der Waals surface area contributed by atoms with Gasteiger partial charge in [-0.1, -0.05) is 30.3 Å². The van der Waals surface area contributed by atoms with Crippen molar-refractivity contribution in [1.29, 1.82) is 0 Å². The van der Waals surface area contributed by atoms with Crippen molar-refractivity contribution < 1.29 is 29.0 Å². The molecule has 1 aliphatic rings. The van der Waals surface area contributed by atoms with E-state index in [2.05, 4.69) is 4.98 Å². The van der Waals surface area contributed by atoms with Crippen LogP contribution < -0.4 is 0 Å². The molecule has 1 aliphatic carbocycles. The summed E-state index contributed by atoms with van der Waals surface area (Å²) in [5.74, 6) is -1.09. The highest BCUT2D eigenvalue weighted by atomic mass is 16.6. The molecule has 1 heterocycles. The van der Waals surface area contributed by atoms with Gasteiger partial charge in [-0.2, -0.15) is 0 Å². The average molecular weight is 512 g/mol. The number of hydrogen-bond acceptors (Lipinski definition) is 6. The molecule has 0 spiro atoms. The number of hydrogen-bond donors (Lipinski definition) is 1. The van der Waals surface area contributed by atoms with Gasteiger partial charge in [-0.05, 0) is 78.4 Å². The highest BCUT2D eigenvalue weighted by molar-refractivity contribution is 5.88. The molecule has 1 N–H and O–H groups in total. The van der Waals surface area contributed by atoms with Crippen LogP contribution in [0, 0.1) is 5.92 Å². The van der Waals surface area contributed by atoms with Crippen molar-refractivity contribution in [3.05, 3.63) is 54.1 Å². The summed E-state index contributed by atoms with van der Waals surface area (Å²) in [7, 11) is 0. The number of carbonyl (C=O) groups excluding carboxylic acids is 2. The van der Waals surface area contributed by atoms with Gasteiger partial charge in [-0.15, -0.1) is 0 Å². The third-order valence-corrected chi connectivity index (χ3v) is 5.95. The van der Waals surface area contributed by atoms with Gasteiger partial charge < -0.3 is 19.1 Å². The topological polar surface area (TPSA) is 111 Å². The summed E-state index contributed by atoms with van der Waals surface area (Å²) in [5.41, 5.74) is -1.11. The lowest BCUT2D eigenvalue weighted by Crippen LogP contribution is -2.44. The first kappa shape index (κ1) is 28.0. The number of rotatable bonds is 8. The molecule has 200 valence electrons. The predicted molar refractivity (Wildman–Crippen MR) is 140 cm³/mol. The van der Waals surface area contributed by atoms with Gasteiger partial charge in [0.15, 0.2) is 0 Å². The number of aromatic nitrogens is 2. The summed E-state index contributed by atoms with van der Waals surface area (Å²) in [6.07, 6.45) is 6.87. The minimum Gasteiger partial charge on any atom is -0.481 e. The zero-order valence-electron chi connectivity index (χ0n) is 22.4. The van der Waals surface area contributed by atoms with Crippen molar-refractivity contribution in [2.75, 3.05) is 6.54 Å². The van der Waals surface area contributed by atoms with Gasteiger partial charge in [0.25, 0.3) is 0 Å². The number of carbonyl (C=O) groups is 3. The van der Waals surface area contributed by atoms with E-state index in [1.54, 1.807) is 58.6 Å². The molecule has 2 amide bonds. The molecule has 0 unspecified atom stereocenters. The van der Waals surface area contributed by atoms with Crippen LogP contribution in [0.15, 0.2) is 42.9 Å². The monoisotopic (exact) mass is 511 g/mol. The van der Waals surface area contributed by atoms with Gasteiger partial charge in [0, 0.05) is 18.9 Å². The van der Waals surface area contributed by atoms with E-state index < -0.39 is 34.8 Å². The average Bonchev–Trinajstić information content (AvgIpc) is 3.32. The summed E-state index contributed by atoms with van der Waals surface area (Å²) < 4.78 is 12.5. The summed E-state index contributed by atoms with van der Waals surface area (Å²) in [4.78, 5) is 43.0. The standard InChI is InChI=1S/C28H37N3O6/c1-26(2,3)36-24(34)31(25(35)37-27(4,5)6)15-10-13-21-17-28(21,23(32)33)22-18-30(19-29-22)16-14-20-11-8-7-9-12-20/h7-9,11-12,14,16,18-19,21H,10,13,15,17H2,1-6H3,(H,32,33)/t21-,28+/m0/s1. The Kier molecular flexibility index (Phi) is 8.15. The summed E-state index contributed by atoms with van der Waals surface area (Å²) in [5, 5.41) is 10.1. The van der Waals surface area contributed by atoms with Crippen molar-refractivity contribution >= 4 is 30.4 Å². The molecular formula is C28H37N3O6. The minimum absolute atomic E-state index is 0.0598. The lowest BCUT2D eigenvalue weighted by atomic mass is 9.98. The Labute approximate surface area is 218 Å². The van der Waals surface area contributed by atoms with Crippen molar-refractivity contribution in [2.24, 2.45) is 5.92 Å². The smallest absolute Gasteiger partial charge is 0.419 e. The Morgan fingerprint density at radius 1 is 1.08 bits per heavy atom. The van der Waals surface area contributed by atoms with Gasteiger partial charge in [-0.3, -0.25) is 4.79 Å². The number of imidazole rings is 1. The fourth-order valence-corrected chi connectivity index (χ4v) is 4.14. The maximum absolute atomic E-state index is 12.7. The minimum atomic E-state index is -1.07. The van der Waals surface area contributed by atoms with Gasteiger partial charge in [-0.25, -0.2) is 19.5 Å². The Bertz CT molecular complexity index is 1110. The summed E-state index contributed by atoms with van der Waals surface area (Å²) >= 11 is 0. The first-order valence-electron chi connectivity index (χ1n) is 12.5. The number of aliphatic carboxylic acids is 1. The summed E-state index contributed by atoms with van der Waals surface area (Å²) in [6, 6.07) is 9.78. The molecule has 2 atom stereocenters. The van der Waals surface area contributed by atoms with E-state index in [4.69, 9.17) is 9.47 Å². The lowest BCUT2D eigenvalue weighted by molar-refractivity contribution is -0.140. The third-order valence-electron chi connectivity index (χ3n) is 5.95. The maximum Gasteiger partial charge on any atom is 0.419 e. The molecule has 1 saturated carbocycles. The van der Waals surface area contributed by atoms with Crippen LogP contribution in [0.25, 0.3) is 12.3 Å². The summed E-state index contributed by atoms with van der Waals surface area (Å²) in [6.45, 7) is 10.4. The Morgan fingerprint density at radius 3 is 2.22 bits per heavy atom. The van der Waals surface area contributed by atoms with Crippen LogP contribution in [0.3, 0.4) is 0 Å². The number of imide groups is 1. The van der Waals surface area contributed by atoms with Crippen LogP contribution in [0.4, 0.5) is 9.59 Å². The zero-order valence-corrected chi connectivity index (χ0v) is 22.4. The second kappa shape index (κ2) is 10.8. The van der Waals surface area contributed by atoms with E-state index in [1.165, 1.54) is 0 Å². The van der Waals surface area contributed by atoms with E-state index >= 15 is 0 Å². The molecule has 1 aromatic heterocycles. The molecule has 0 aliphatic heterocycles. The van der Waals surface area contributed by atoms with Gasteiger partial charge >= 0.3 is 18.2 Å². The third kappa shape index (κ3) is 7.44. The van der Waals surface area contributed by atoms with E-state index in [9.17, 15) is 19.5 Å². The van der Waals surface area contributed by atoms with Crippen LogP contribution in [-0.2, 0) is 19.7 Å². The van der Waals surface area contributed by atoms with Crippen LogP contribution in [0.5, 0.6) is 0 Å². The van der Waals surface area contributed by atoms with Crippen molar-refractivity contribution in [3.8, 4) is 0 Å². The van der Waals surface area contributed by atoms with Crippen molar-refractivity contribution in [2.45, 2.75) is 77.4 Å². The number of amides is 2. The number of nitrogens with zero attached hydrogens (tertiary/aromatic N) is 3. The van der Waals surface area contributed by atoms with Crippen LogP contribution in [0.2, 0.25) is 0 Å². The van der Waals surface area contributed by atoms with Crippen molar-refractivity contribution in [1.82, 2.24) is 14.5 Å². The first-order chi connectivity index (χ1) is 17.2. The van der Waals surface area contributed by atoms with E-state index in [1.807, 2.05) is 42.6 Å². The largest absolute Gasteiger partial charge is 0.481 e. The maximum atomic E-state index is 12.7. The number of benzene rings is 1. The first-order valence-corrected chi connectivity index (χ1v) is 12.5. The molecular weight excluding hydrogens is 474 g/mol.